The average molecular weight is 756 g/mol. The van der Waals surface area contributed by atoms with Gasteiger partial charge in [0, 0.05) is 27.0 Å². The first-order valence-corrected chi connectivity index (χ1v) is 10.7. The first-order chi connectivity index (χ1) is 20.2. The Morgan fingerprint density at radius 3 is 1.23 bits per heavy atom. The second-order valence-electron chi connectivity index (χ2n) is 8.36. The topological polar surface area (TPSA) is 83.5 Å². The monoisotopic (exact) mass is 756 g/mol. The van der Waals surface area contributed by atoms with Gasteiger partial charge in [-0.15, -0.1) is 0 Å². The van der Waals surface area contributed by atoms with E-state index < -0.39 is 99.2 Å². The number of esters is 1. The van der Waals surface area contributed by atoms with Gasteiger partial charge in [-0.2, -0.15) is 74.6 Å². The number of aliphatic hydroxyl groups is 1. The van der Waals surface area contributed by atoms with E-state index in [4.69, 9.17) is 5.11 Å². The van der Waals surface area contributed by atoms with E-state index in [1.54, 1.807) is 4.74 Å². The van der Waals surface area contributed by atoms with E-state index in [1.165, 1.54) is 0 Å². The van der Waals surface area contributed by atoms with E-state index >= 15 is 0 Å². The van der Waals surface area contributed by atoms with Gasteiger partial charge in [-0.05, 0) is 0 Å². The van der Waals surface area contributed by atoms with Crippen molar-refractivity contribution in [1.29, 1.82) is 0 Å². The molecule has 0 rings (SSSR count). The van der Waals surface area contributed by atoms with Crippen LogP contribution in [0.3, 0.4) is 0 Å². The summed E-state index contributed by atoms with van der Waals surface area (Å²) in [5, 5.41) is 7.92. The second kappa shape index (κ2) is 14.2. The minimum Gasteiger partial charge on any atom is -0.453 e. The zero-order valence-electron chi connectivity index (χ0n) is 22.5. The fraction of sp³-hybridized carbons (Fsp3) is 0.842. The molecule has 0 aliphatic rings. The normalized spacial score (nSPS) is 15.2. The molecule has 47 heavy (non-hydrogen) atoms. The first kappa shape index (κ1) is 46.7. The summed E-state index contributed by atoms with van der Waals surface area (Å²) in [4.78, 5) is 10.4. The molecule has 0 bridgehead atoms. The fourth-order valence-corrected chi connectivity index (χ4v) is 2.74. The molecule has 1 N–H and O–H groups in total. The summed E-state index contributed by atoms with van der Waals surface area (Å²) in [5.74, 6) is -14.1. The number of alkyl halides is 21. The summed E-state index contributed by atoms with van der Waals surface area (Å²) in [5.41, 5.74) is -7.17. The number of ether oxygens (including phenoxy) is 5. The van der Waals surface area contributed by atoms with Gasteiger partial charge in [-0.3, -0.25) is 0 Å². The Morgan fingerprint density at radius 2 is 0.936 bits per heavy atom. The molecule has 0 amide bonds. The van der Waals surface area contributed by atoms with Crippen LogP contribution in [-0.2, 0) is 28.5 Å². The third-order valence-electron chi connectivity index (χ3n) is 4.66. The van der Waals surface area contributed by atoms with Gasteiger partial charge in [0.1, 0.15) is 6.61 Å². The Kier molecular flexibility index (Phi) is 14.1. The maximum Gasteiger partial charge on any atom is 0.453 e. The van der Waals surface area contributed by atoms with Crippen molar-refractivity contribution in [2.75, 3.05) is 20.3 Å². The van der Waals surface area contributed by atoms with Crippen LogP contribution in [0.15, 0.2) is 12.7 Å². The van der Waals surface area contributed by atoms with E-state index in [2.05, 4.69) is 20.8 Å². The summed E-state index contributed by atoms with van der Waals surface area (Å²) in [7, 11) is 0.174. The van der Waals surface area contributed by atoms with Crippen molar-refractivity contribution in [3.63, 3.8) is 0 Å². The van der Waals surface area contributed by atoms with Crippen molar-refractivity contribution in [3.05, 3.63) is 12.7 Å². The molecule has 0 aromatic carbocycles. The quantitative estimate of drug-likeness (QED) is 0.1000. The molecule has 0 radical (unpaired) electrons. The van der Waals surface area contributed by atoms with Crippen LogP contribution in [0.25, 0.3) is 0 Å². The highest BCUT2D eigenvalue weighted by molar-refractivity contribution is 5.81. The zero-order chi connectivity index (χ0) is 38.7. The molecule has 0 saturated heterocycles. The maximum absolute atomic E-state index is 13.8. The Balaban J connectivity index is 0. The molecule has 0 saturated carbocycles. The van der Waals surface area contributed by atoms with E-state index in [9.17, 15) is 97.0 Å². The van der Waals surface area contributed by atoms with Crippen molar-refractivity contribution in [2.45, 2.75) is 74.6 Å². The number of carbonyl (C=O) groups excluding carboxylic acids is 1. The van der Waals surface area contributed by atoms with E-state index in [0.717, 1.165) is 0 Å². The van der Waals surface area contributed by atoms with Gasteiger partial charge in [0.2, 0.25) is 0 Å². The number of rotatable bonds is 16. The van der Waals surface area contributed by atoms with Gasteiger partial charge < -0.3 is 14.6 Å². The summed E-state index contributed by atoms with van der Waals surface area (Å²) in [6.45, 7) is -4.37. The predicted octanol–water partition coefficient (Wildman–Crippen LogP) is 7.40. The number of carbonyl (C=O) groups is 1. The largest absolute Gasteiger partial charge is 0.453 e. The molecule has 0 aromatic heterocycles. The Morgan fingerprint density at radius 1 is 0.596 bits per heavy atom. The second-order valence-corrected chi connectivity index (χ2v) is 8.36. The van der Waals surface area contributed by atoms with Crippen LogP contribution in [-0.4, -0.2) is 92.2 Å². The first-order valence-electron chi connectivity index (χ1n) is 10.7. The lowest BCUT2D eigenvalue weighted by atomic mass is 9.74. The average Bonchev–Trinajstić information content (AvgIpc) is 2.77. The van der Waals surface area contributed by atoms with Crippen LogP contribution in [0.1, 0.15) is 13.8 Å². The lowest BCUT2D eigenvalue weighted by Crippen LogP contribution is -2.72. The van der Waals surface area contributed by atoms with Crippen LogP contribution in [0.2, 0.25) is 0 Å². The molecule has 0 spiro atoms. The van der Waals surface area contributed by atoms with Crippen molar-refractivity contribution >= 4 is 5.97 Å². The predicted molar refractivity (Wildman–Crippen MR) is 103 cm³/mol. The zero-order valence-corrected chi connectivity index (χ0v) is 22.5. The molecule has 0 unspecified atom stereocenters. The number of hydrogen-bond donors (Lipinski definition) is 1. The van der Waals surface area contributed by atoms with Gasteiger partial charge in [0.05, 0.1) is 0 Å². The highest BCUT2D eigenvalue weighted by Crippen LogP contribution is 2.66. The molecule has 282 valence electrons. The third-order valence-corrected chi connectivity index (χ3v) is 4.66. The summed E-state index contributed by atoms with van der Waals surface area (Å²) in [6.07, 6.45) is -50.3. The van der Waals surface area contributed by atoms with Crippen molar-refractivity contribution < 1.29 is 126 Å². The number of hydrogen-bond acceptors (Lipinski definition) is 7. The van der Waals surface area contributed by atoms with E-state index in [1.807, 2.05) is 4.74 Å². The van der Waals surface area contributed by atoms with E-state index in [-0.39, 0.29) is 7.11 Å². The SMILES string of the molecule is C=CC(=O)OCC(F)(F)OC(F)(F)C(F)(F)OC.CC(F)(F)C(C(C)(F)F)(C(F)(F)F)C(F)(F)OC(F)(F)C(F)(F)OC(F)(F)CO. The van der Waals surface area contributed by atoms with Gasteiger partial charge >= 0.3 is 54.9 Å². The van der Waals surface area contributed by atoms with Crippen molar-refractivity contribution in [1.82, 2.24) is 0 Å². The van der Waals surface area contributed by atoms with E-state index in [0.29, 0.717) is 6.08 Å². The molecule has 0 aliphatic heterocycles. The lowest BCUT2D eigenvalue weighted by molar-refractivity contribution is -0.554. The van der Waals surface area contributed by atoms with Crippen molar-refractivity contribution in [2.24, 2.45) is 5.41 Å². The molecule has 0 aliphatic carbocycles. The van der Waals surface area contributed by atoms with Crippen LogP contribution < -0.4 is 0 Å². The fourth-order valence-electron chi connectivity index (χ4n) is 2.74. The molecule has 7 nitrogen and oxygen atoms in total. The third kappa shape index (κ3) is 10.8. The standard InChI is InChI=1S/C11H9F15O3.C8H8F6O4/c1-4(12,13)7(5(2,14)15,8(18,19)20)9(21,22)29-11(25,26)10(23,24)28-6(16,17)3-27;1-3-5(15)17-4-6(9,10)18-8(13,14)7(11,12)16-2/h27H,3H2,1-2H3;3H,1,4H2,2H3. The minimum absolute atomic E-state index is 0.174. The van der Waals surface area contributed by atoms with Crippen LogP contribution >= 0.6 is 0 Å². The van der Waals surface area contributed by atoms with Gasteiger partial charge in [-0.25, -0.2) is 36.6 Å². The molecule has 0 heterocycles. The number of methoxy groups -OCH3 is 1. The minimum atomic E-state index is -7.56. The Hall–Kier alpha value is -2.46. The molecular formula is C19H17F21O7. The number of halogens is 21. The molecule has 0 atom stereocenters. The van der Waals surface area contributed by atoms with Crippen LogP contribution in [0.4, 0.5) is 92.2 Å². The summed E-state index contributed by atoms with van der Waals surface area (Å²) in [6, 6.07) is 0. The van der Waals surface area contributed by atoms with Crippen LogP contribution in [0.5, 0.6) is 0 Å². The molecular weight excluding hydrogens is 739 g/mol. The Bertz CT molecular complexity index is 1010. The molecule has 0 aromatic rings. The smallest absolute Gasteiger partial charge is 0.453 e. The lowest BCUT2D eigenvalue weighted by Gasteiger charge is -2.47. The Labute approximate surface area is 246 Å². The van der Waals surface area contributed by atoms with Crippen molar-refractivity contribution in [3.8, 4) is 0 Å². The number of aliphatic hydroxyl groups excluding tert-OH is 1. The van der Waals surface area contributed by atoms with Crippen LogP contribution in [0, 0.1) is 5.41 Å². The van der Waals surface area contributed by atoms with Gasteiger partial charge in [-0.1, -0.05) is 6.58 Å². The summed E-state index contributed by atoms with van der Waals surface area (Å²) < 4.78 is 285. The van der Waals surface area contributed by atoms with Gasteiger partial charge in [0.15, 0.2) is 6.61 Å². The van der Waals surface area contributed by atoms with Gasteiger partial charge in [0.25, 0.3) is 17.3 Å². The highest BCUT2D eigenvalue weighted by atomic mass is 19.4. The highest BCUT2D eigenvalue weighted by Gasteiger charge is 2.91. The maximum atomic E-state index is 13.8. The molecule has 28 heteroatoms. The summed E-state index contributed by atoms with van der Waals surface area (Å²) >= 11 is 0. The molecule has 0 fully saturated rings.